The molecule has 0 spiro atoms. The molecule has 4 heteroatoms. The molecule has 0 aromatic rings. The summed E-state index contributed by atoms with van der Waals surface area (Å²) in [6.45, 7) is 2.16. The van der Waals surface area contributed by atoms with Gasteiger partial charge < -0.3 is 9.66 Å². The van der Waals surface area contributed by atoms with Crippen LogP contribution >= 0.6 is 0 Å². The molecule has 1 unspecified atom stereocenters. The number of carbonyl (C=O) groups is 1. The highest BCUT2D eigenvalue weighted by molar-refractivity contribution is 7.90. The van der Waals surface area contributed by atoms with Crippen LogP contribution in [0.2, 0.25) is 0 Å². The van der Waals surface area contributed by atoms with Crippen LogP contribution in [0.5, 0.6) is 0 Å². The van der Waals surface area contributed by atoms with E-state index in [1.54, 1.807) is 6.26 Å². The molecule has 130 valence electrons. The van der Waals surface area contributed by atoms with E-state index in [1.165, 1.54) is 16.7 Å². The van der Waals surface area contributed by atoms with Crippen molar-refractivity contribution in [2.45, 2.75) is 51.0 Å². The summed E-state index contributed by atoms with van der Waals surface area (Å²) in [5, 5.41) is 11.3. The summed E-state index contributed by atoms with van der Waals surface area (Å²) in [7, 11) is 0. The van der Waals surface area contributed by atoms with Crippen LogP contribution in [0.25, 0.3) is 0 Å². The average Bonchev–Trinajstić information content (AvgIpc) is 2.77. The van der Waals surface area contributed by atoms with Gasteiger partial charge in [-0.3, -0.25) is 4.79 Å². The van der Waals surface area contributed by atoms with Crippen LogP contribution in [0, 0.1) is 17.3 Å². The second-order valence-electron chi connectivity index (χ2n) is 8.23. The van der Waals surface area contributed by atoms with Crippen LogP contribution in [0.4, 0.5) is 0 Å². The first-order chi connectivity index (χ1) is 11.3. The van der Waals surface area contributed by atoms with Crippen LogP contribution < -0.4 is 0 Å². The smallest absolute Gasteiger partial charge is 0.156 e. The van der Waals surface area contributed by atoms with Crippen LogP contribution in [0.3, 0.4) is 0 Å². The Morgan fingerprint density at radius 2 is 2.12 bits per heavy atom. The predicted octanol–water partition coefficient (Wildman–Crippen LogP) is 3.08. The van der Waals surface area contributed by atoms with Gasteiger partial charge in [0.25, 0.3) is 0 Å². The third-order valence-corrected chi connectivity index (χ3v) is 7.88. The zero-order valence-electron chi connectivity index (χ0n) is 14.5. The van der Waals surface area contributed by atoms with E-state index in [1.807, 2.05) is 6.08 Å². The van der Waals surface area contributed by atoms with E-state index < -0.39 is 16.8 Å². The quantitative estimate of drug-likeness (QED) is 0.782. The molecule has 0 heterocycles. The normalized spacial score (nSPS) is 42.3. The van der Waals surface area contributed by atoms with Gasteiger partial charge in [-0.05, 0) is 66.7 Å². The highest BCUT2D eigenvalue weighted by Crippen LogP contribution is 2.61. The van der Waals surface area contributed by atoms with Crippen molar-refractivity contribution in [3.05, 3.63) is 34.9 Å². The molecular formula is C20H26O3S. The van der Waals surface area contributed by atoms with Gasteiger partial charge in [0.1, 0.15) is 11.4 Å². The summed E-state index contributed by atoms with van der Waals surface area (Å²) in [6.07, 6.45) is 13.2. The maximum atomic E-state index is 11.8. The van der Waals surface area contributed by atoms with Gasteiger partial charge >= 0.3 is 0 Å². The summed E-state index contributed by atoms with van der Waals surface area (Å²) in [5.41, 5.74) is 2.89. The molecule has 1 saturated carbocycles. The summed E-state index contributed by atoms with van der Waals surface area (Å²) in [5.74, 6) is 1.51. The number of rotatable bonds is 2. The Hall–Kier alpha value is -0.840. The molecule has 5 atom stereocenters. The number of ketones is 1. The average molecular weight is 346 g/mol. The van der Waals surface area contributed by atoms with Gasteiger partial charge in [0.2, 0.25) is 0 Å². The first-order valence-electron chi connectivity index (χ1n) is 9.02. The lowest BCUT2D eigenvalue weighted by molar-refractivity contribution is -0.114. The molecule has 4 rings (SSSR count). The summed E-state index contributed by atoms with van der Waals surface area (Å²) in [6, 6.07) is 0. The van der Waals surface area contributed by atoms with Crippen LogP contribution in [0.15, 0.2) is 34.9 Å². The third kappa shape index (κ3) is 2.30. The van der Waals surface area contributed by atoms with Crippen molar-refractivity contribution in [3.8, 4) is 0 Å². The lowest BCUT2D eigenvalue weighted by Crippen LogP contribution is -2.51. The van der Waals surface area contributed by atoms with Crippen LogP contribution in [0.1, 0.15) is 45.4 Å². The molecule has 1 N–H and O–H groups in total. The van der Waals surface area contributed by atoms with Crippen molar-refractivity contribution in [1.82, 2.24) is 0 Å². The molecule has 4 aliphatic carbocycles. The number of hydrogen-bond donors (Lipinski definition) is 1. The highest BCUT2D eigenvalue weighted by atomic mass is 32.2. The maximum absolute atomic E-state index is 11.8. The molecule has 0 bridgehead atoms. The van der Waals surface area contributed by atoms with E-state index in [9.17, 15) is 14.5 Å². The minimum atomic E-state index is -0.999. The molecule has 24 heavy (non-hydrogen) atoms. The standard InChI is InChI=1S/C20H26O3S/c1-19-9-7-16-15-6-4-14(21)11-13(15)3-5-17(16)18(19)8-10-20(19,22)12-24(2)23/h7,9,11,17-18,22H,3-6,8,10,12H2,1-2H3/t17-,18+,19+,20-,24?/m1/s1. The molecule has 0 saturated heterocycles. The maximum Gasteiger partial charge on any atom is 0.156 e. The lowest BCUT2D eigenvalue weighted by Gasteiger charge is -2.48. The SMILES string of the molecule is C[S+]([O-])C[C@]1(O)CC[C@H]2[C@@H]3CCC4=CC(=O)CCC4=C3C=C[C@@]21C. The van der Waals surface area contributed by atoms with Crippen LogP contribution in [-0.2, 0) is 16.0 Å². The fourth-order valence-electron chi connectivity index (χ4n) is 5.68. The molecule has 1 fully saturated rings. The highest BCUT2D eigenvalue weighted by Gasteiger charge is 2.60. The van der Waals surface area contributed by atoms with E-state index >= 15 is 0 Å². The van der Waals surface area contributed by atoms with Crippen LogP contribution in [-0.4, -0.2) is 33.1 Å². The summed E-state index contributed by atoms with van der Waals surface area (Å²) >= 11 is -0.999. The Bertz CT molecular complexity index is 674. The Labute approximate surface area is 147 Å². The van der Waals surface area contributed by atoms with Crippen molar-refractivity contribution in [2.75, 3.05) is 12.0 Å². The van der Waals surface area contributed by atoms with E-state index in [-0.39, 0.29) is 11.2 Å². The van der Waals surface area contributed by atoms with Gasteiger partial charge in [-0.2, -0.15) is 0 Å². The fraction of sp³-hybridized carbons (Fsp3) is 0.650. The monoisotopic (exact) mass is 346 g/mol. The van der Waals surface area contributed by atoms with Gasteiger partial charge in [0.05, 0.1) is 6.26 Å². The molecular weight excluding hydrogens is 320 g/mol. The Kier molecular flexibility index (Phi) is 3.87. The second-order valence-corrected chi connectivity index (χ2v) is 9.66. The van der Waals surface area contributed by atoms with Crippen molar-refractivity contribution < 1.29 is 14.5 Å². The Morgan fingerprint density at radius 1 is 1.33 bits per heavy atom. The van der Waals surface area contributed by atoms with Crippen molar-refractivity contribution >= 4 is 17.0 Å². The topological polar surface area (TPSA) is 60.4 Å². The Balaban J connectivity index is 1.76. The second kappa shape index (κ2) is 5.58. The van der Waals surface area contributed by atoms with Gasteiger partial charge in [-0.25, -0.2) is 0 Å². The molecule has 3 nitrogen and oxygen atoms in total. The van der Waals surface area contributed by atoms with E-state index in [4.69, 9.17) is 0 Å². The number of fused-ring (bicyclic) bond motifs is 4. The first kappa shape index (κ1) is 16.6. The molecule has 0 aromatic heterocycles. The zero-order chi connectivity index (χ0) is 17.1. The fourth-order valence-corrected chi connectivity index (χ4v) is 6.81. The van der Waals surface area contributed by atoms with Gasteiger partial charge in [-0.15, -0.1) is 0 Å². The van der Waals surface area contributed by atoms with Gasteiger partial charge in [0, 0.05) is 11.8 Å². The summed E-state index contributed by atoms with van der Waals surface area (Å²) in [4.78, 5) is 11.7. The van der Waals surface area contributed by atoms with Crippen molar-refractivity contribution in [1.29, 1.82) is 0 Å². The largest absolute Gasteiger partial charge is 0.616 e. The summed E-state index contributed by atoms with van der Waals surface area (Å²) < 4.78 is 11.8. The number of aliphatic hydroxyl groups is 1. The van der Waals surface area contributed by atoms with Gasteiger partial charge in [-0.1, -0.05) is 30.3 Å². The molecule has 0 amide bonds. The lowest BCUT2D eigenvalue weighted by atomic mass is 9.58. The molecule has 0 aromatic carbocycles. The molecule has 4 aliphatic rings. The van der Waals surface area contributed by atoms with E-state index in [0.29, 0.717) is 24.0 Å². The molecule has 0 radical (unpaired) electrons. The predicted molar refractivity (Wildman–Crippen MR) is 95.9 cm³/mol. The van der Waals surface area contributed by atoms with Gasteiger partial charge in [0.15, 0.2) is 5.78 Å². The third-order valence-electron chi connectivity index (χ3n) is 7.00. The Morgan fingerprint density at radius 3 is 2.88 bits per heavy atom. The minimum Gasteiger partial charge on any atom is -0.616 e. The van der Waals surface area contributed by atoms with Crippen molar-refractivity contribution in [2.24, 2.45) is 17.3 Å². The molecule has 0 aliphatic heterocycles. The first-order valence-corrected chi connectivity index (χ1v) is 10.8. The van der Waals surface area contributed by atoms with Crippen molar-refractivity contribution in [3.63, 3.8) is 0 Å². The zero-order valence-corrected chi connectivity index (χ0v) is 15.3. The number of hydrogen-bond acceptors (Lipinski definition) is 3. The minimum absolute atomic E-state index is 0.262. The van der Waals surface area contributed by atoms with E-state index in [0.717, 1.165) is 32.1 Å². The number of allylic oxidation sites excluding steroid dienone is 5. The van der Waals surface area contributed by atoms with E-state index in [2.05, 4.69) is 19.1 Å². The number of carbonyl (C=O) groups excluding carboxylic acids is 1.